The second-order valence-corrected chi connectivity index (χ2v) is 7.53. The van der Waals surface area contributed by atoms with E-state index in [4.69, 9.17) is 4.74 Å². The molecule has 2 unspecified atom stereocenters. The van der Waals surface area contributed by atoms with Crippen molar-refractivity contribution in [2.24, 2.45) is 0 Å². The summed E-state index contributed by atoms with van der Waals surface area (Å²) in [4.78, 5) is 11.2. The van der Waals surface area contributed by atoms with Crippen molar-refractivity contribution in [2.45, 2.75) is 23.0 Å². The molecule has 0 aliphatic carbocycles. The number of ether oxygens (including phenoxy) is 1. The first-order chi connectivity index (χ1) is 8.63. The first-order valence-electron chi connectivity index (χ1n) is 5.79. The van der Waals surface area contributed by atoms with Crippen LogP contribution in [0.4, 0.5) is 0 Å². The summed E-state index contributed by atoms with van der Waals surface area (Å²) in [6.07, 6.45) is 0. The summed E-state index contributed by atoms with van der Waals surface area (Å²) < 4.78 is 5.33. The maximum Gasteiger partial charge on any atom is 0.315 e. The maximum atomic E-state index is 11.2. The van der Waals surface area contributed by atoms with Crippen molar-refractivity contribution >= 4 is 42.1 Å². The Labute approximate surface area is 123 Å². The Morgan fingerprint density at radius 3 is 2.67 bits per heavy atom. The summed E-state index contributed by atoms with van der Waals surface area (Å²) in [5, 5.41) is 0. The number of carbonyl (C=O) groups is 1. The van der Waals surface area contributed by atoms with E-state index in [1.165, 1.54) is 5.56 Å². The molecule has 2 nitrogen and oxygen atoms in total. The van der Waals surface area contributed by atoms with E-state index < -0.39 is 0 Å². The van der Waals surface area contributed by atoms with Crippen LogP contribution in [0, 0.1) is 0 Å². The van der Waals surface area contributed by atoms with Gasteiger partial charge in [0.2, 0.25) is 0 Å². The lowest BCUT2D eigenvalue weighted by atomic mass is 10.2. The molecular formula is C13H18O2S3. The zero-order valence-corrected chi connectivity index (χ0v) is 13.1. The summed E-state index contributed by atoms with van der Waals surface area (Å²) in [5.41, 5.74) is 1.19. The maximum absolute atomic E-state index is 11.2. The standard InChI is InChI=1S/C13H18O2S3/c1-3-15-12(14)9-17-10(2)18-13(16)11-7-5-4-6-8-11/h4-8,10,13,16H,3,9H2,1-2H3. The fraction of sp³-hybridized carbons (Fsp3) is 0.462. The molecule has 1 aromatic carbocycles. The summed E-state index contributed by atoms with van der Waals surface area (Å²) in [7, 11) is 0. The van der Waals surface area contributed by atoms with Crippen molar-refractivity contribution in [2.75, 3.05) is 12.4 Å². The Morgan fingerprint density at radius 1 is 1.39 bits per heavy atom. The molecule has 2 atom stereocenters. The Bertz CT molecular complexity index is 357. The Kier molecular flexibility index (Phi) is 7.70. The highest BCUT2D eigenvalue weighted by Gasteiger charge is 2.13. The first-order valence-corrected chi connectivity index (χ1v) is 8.30. The molecule has 0 N–H and O–H groups in total. The van der Waals surface area contributed by atoms with E-state index in [0.29, 0.717) is 16.9 Å². The second kappa shape index (κ2) is 8.77. The Morgan fingerprint density at radius 2 is 2.06 bits per heavy atom. The van der Waals surface area contributed by atoms with Crippen molar-refractivity contribution in [1.82, 2.24) is 0 Å². The minimum Gasteiger partial charge on any atom is -0.465 e. The molecule has 0 spiro atoms. The van der Waals surface area contributed by atoms with Crippen LogP contribution in [0.5, 0.6) is 0 Å². The van der Waals surface area contributed by atoms with E-state index in [9.17, 15) is 4.79 Å². The van der Waals surface area contributed by atoms with E-state index in [0.717, 1.165) is 0 Å². The third-order valence-corrected chi connectivity index (χ3v) is 5.34. The molecule has 0 aliphatic heterocycles. The Hall–Kier alpha value is -0.260. The fourth-order valence-electron chi connectivity index (χ4n) is 1.31. The number of carbonyl (C=O) groups excluding carboxylic acids is 1. The molecule has 0 saturated carbocycles. The van der Waals surface area contributed by atoms with Crippen LogP contribution in [0.15, 0.2) is 30.3 Å². The van der Waals surface area contributed by atoms with Crippen molar-refractivity contribution in [3.8, 4) is 0 Å². The van der Waals surface area contributed by atoms with Gasteiger partial charge >= 0.3 is 5.97 Å². The van der Waals surface area contributed by atoms with Crippen LogP contribution in [0.25, 0.3) is 0 Å². The molecule has 18 heavy (non-hydrogen) atoms. The molecule has 1 rings (SSSR count). The normalized spacial score (nSPS) is 13.9. The number of benzene rings is 1. The molecule has 0 saturated heterocycles. The van der Waals surface area contributed by atoms with Gasteiger partial charge in [-0.3, -0.25) is 4.79 Å². The van der Waals surface area contributed by atoms with E-state index in [1.807, 2.05) is 25.1 Å². The van der Waals surface area contributed by atoms with Crippen LogP contribution in [0.3, 0.4) is 0 Å². The number of esters is 1. The third kappa shape index (κ3) is 6.07. The summed E-state index contributed by atoms with van der Waals surface area (Å²) in [6, 6.07) is 10.1. The summed E-state index contributed by atoms with van der Waals surface area (Å²) in [5.74, 6) is 0.252. The van der Waals surface area contributed by atoms with Crippen molar-refractivity contribution < 1.29 is 9.53 Å². The largest absolute Gasteiger partial charge is 0.465 e. The minimum atomic E-state index is -0.148. The van der Waals surface area contributed by atoms with E-state index in [-0.39, 0.29) is 10.6 Å². The predicted octanol–water partition coefficient (Wildman–Crippen LogP) is 3.99. The average Bonchev–Trinajstić information content (AvgIpc) is 2.38. The van der Waals surface area contributed by atoms with Gasteiger partial charge in [-0.25, -0.2) is 0 Å². The lowest BCUT2D eigenvalue weighted by Crippen LogP contribution is -2.08. The Balaban J connectivity index is 2.32. The molecule has 1 aromatic rings. The zero-order chi connectivity index (χ0) is 13.4. The van der Waals surface area contributed by atoms with Crippen LogP contribution < -0.4 is 0 Å². The molecule has 100 valence electrons. The van der Waals surface area contributed by atoms with Gasteiger partial charge < -0.3 is 4.74 Å². The smallest absolute Gasteiger partial charge is 0.315 e. The molecule has 0 radical (unpaired) electrons. The van der Waals surface area contributed by atoms with Gasteiger partial charge in [-0.05, 0) is 19.4 Å². The number of thioether (sulfide) groups is 2. The van der Waals surface area contributed by atoms with E-state index in [2.05, 4.69) is 31.7 Å². The molecule has 0 fully saturated rings. The molecule has 0 aliphatic rings. The lowest BCUT2D eigenvalue weighted by molar-refractivity contribution is -0.139. The van der Waals surface area contributed by atoms with Crippen molar-refractivity contribution in [3.63, 3.8) is 0 Å². The first kappa shape index (κ1) is 15.8. The summed E-state index contributed by atoms with van der Waals surface area (Å²) >= 11 is 7.90. The van der Waals surface area contributed by atoms with Gasteiger partial charge in [0.15, 0.2) is 0 Å². The molecular weight excluding hydrogens is 284 g/mol. The van der Waals surface area contributed by atoms with Gasteiger partial charge in [-0.2, -0.15) is 12.6 Å². The number of hydrogen-bond donors (Lipinski definition) is 1. The monoisotopic (exact) mass is 302 g/mol. The van der Waals surface area contributed by atoms with Crippen LogP contribution in [-0.4, -0.2) is 22.9 Å². The quantitative estimate of drug-likeness (QED) is 0.468. The van der Waals surface area contributed by atoms with Crippen molar-refractivity contribution in [3.05, 3.63) is 35.9 Å². The van der Waals surface area contributed by atoms with Crippen LogP contribution in [-0.2, 0) is 9.53 Å². The number of rotatable bonds is 7. The van der Waals surface area contributed by atoms with Gasteiger partial charge in [0.05, 0.1) is 16.9 Å². The number of hydrogen-bond acceptors (Lipinski definition) is 5. The van der Waals surface area contributed by atoms with Gasteiger partial charge in [0, 0.05) is 4.58 Å². The van der Waals surface area contributed by atoms with E-state index in [1.54, 1.807) is 23.5 Å². The lowest BCUT2D eigenvalue weighted by Gasteiger charge is -2.16. The highest BCUT2D eigenvalue weighted by Crippen LogP contribution is 2.39. The molecule has 0 bridgehead atoms. The highest BCUT2D eigenvalue weighted by atomic mass is 32.2. The minimum absolute atomic E-state index is 0.135. The molecule has 5 heteroatoms. The highest BCUT2D eigenvalue weighted by molar-refractivity contribution is 8.21. The third-order valence-electron chi connectivity index (χ3n) is 2.15. The van der Waals surface area contributed by atoms with Crippen LogP contribution in [0.2, 0.25) is 0 Å². The fourth-order valence-corrected chi connectivity index (χ4v) is 4.26. The predicted molar refractivity (Wildman–Crippen MR) is 84.3 cm³/mol. The van der Waals surface area contributed by atoms with Gasteiger partial charge in [0.25, 0.3) is 0 Å². The number of thiol groups is 1. The van der Waals surface area contributed by atoms with Gasteiger partial charge in [0.1, 0.15) is 0 Å². The topological polar surface area (TPSA) is 26.3 Å². The van der Waals surface area contributed by atoms with Crippen LogP contribution in [0.1, 0.15) is 24.0 Å². The molecule has 0 aromatic heterocycles. The molecule has 0 amide bonds. The summed E-state index contributed by atoms with van der Waals surface area (Å²) in [6.45, 7) is 4.35. The van der Waals surface area contributed by atoms with Gasteiger partial charge in [-0.15, -0.1) is 23.5 Å². The van der Waals surface area contributed by atoms with E-state index >= 15 is 0 Å². The van der Waals surface area contributed by atoms with Gasteiger partial charge in [-0.1, -0.05) is 30.3 Å². The second-order valence-electron chi connectivity index (χ2n) is 3.58. The zero-order valence-electron chi connectivity index (χ0n) is 10.5. The van der Waals surface area contributed by atoms with Crippen LogP contribution >= 0.6 is 36.2 Å². The van der Waals surface area contributed by atoms with Crippen molar-refractivity contribution in [1.29, 1.82) is 0 Å². The average molecular weight is 302 g/mol. The molecule has 0 heterocycles. The SMILES string of the molecule is CCOC(=O)CSC(C)SC(S)c1ccccc1.